The minimum atomic E-state index is -0.228. The van der Waals surface area contributed by atoms with Crippen LogP contribution in [0.15, 0.2) is 0 Å². The van der Waals surface area contributed by atoms with Gasteiger partial charge in [0.15, 0.2) is 6.29 Å². The first-order valence-corrected chi connectivity index (χ1v) is 5.35. The number of aliphatic hydroxyl groups is 1. The molecule has 0 bridgehead atoms. The lowest BCUT2D eigenvalue weighted by atomic mass is 9.85. The summed E-state index contributed by atoms with van der Waals surface area (Å²) in [6.07, 6.45) is 0.512. The molecule has 2 N–H and O–H groups in total. The van der Waals surface area contributed by atoms with E-state index in [1.165, 1.54) is 0 Å². The Hall–Kier alpha value is -0.160. The standard InChI is InChI=1S/C11H25NO3/c1-11(2,3)9(6-7-13)12-8-10(14-4)15-5/h9-10,12-13H,6-8H2,1-5H3. The lowest BCUT2D eigenvalue weighted by Gasteiger charge is -2.32. The third-order valence-corrected chi connectivity index (χ3v) is 2.52. The molecular formula is C11H25NO3. The predicted octanol–water partition coefficient (Wildman–Crippen LogP) is 0.992. The fraction of sp³-hybridized carbons (Fsp3) is 1.00. The van der Waals surface area contributed by atoms with Crippen LogP contribution in [0.4, 0.5) is 0 Å². The Bertz CT molecular complexity index is 152. The molecule has 0 rings (SSSR count). The quantitative estimate of drug-likeness (QED) is 0.627. The van der Waals surface area contributed by atoms with Crippen molar-refractivity contribution in [3.05, 3.63) is 0 Å². The minimum absolute atomic E-state index is 0.120. The van der Waals surface area contributed by atoms with Gasteiger partial charge in [0.05, 0.1) is 0 Å². The zero-order chi connectivity index (χ0) is 11.9. The summed E-state index contributed by atoms with van der Waals surface area (Å²) in [7, 11) is 3.24. The lowest BCUT2D eigenvalue weighted by Crippen LogP contribution is -2.44. The minimum Gasteiger partial charge on any atom is -0.396 e. The average Bonchev–Trinajstić information content (AvgIpc) is 2.16. The maximum Gasteiger partial charge on any atom is 0.169 e. The Morgan fingerprint density at radius 2 is 1.73 bits per heavy atom. The van der Waals surface area contributed by atoms with Crippen molar-refractivity contribution < 1.29 is 14.6 Å². The highest BCUT2D eigenvalue weighted by Crippen LogP contribution is 2.21. The first-order chi connectivity index (χ1) is 6.95. The molecule has 0 fully saturated rings. The third-order valence-electron chi connectivity index (χ3n) is 2.52. The third kappa shape index (κ3) is 6.10. The van der Waals surface area contributed by atoms with E-state index in [2.05, 4.69) is 26.1 Å². The molecule has 1 unspecified atom stereocenters. The number of aliphatic hydroxyl groups excluding tert-OH is 1. The van der Waals surface area contributed by atoms with Crippen molar-refractivity contribution in [3.8, 4) is 0 Å². The van der Waals surface area contributed by atoms with E-state index in [9.17, 15) is 0 Å². The van der Waals surface area contributed by atoms with Gasteiger partial charge in [0.25, 0.3) is 0 Å². The van der Waals surface area contributed by atoms with Crippen molar-refractivity contribution in [2.75, 3.05) is 27.4 Å². The van der Waals surface area contributed by atoms with Gasteiger partial charge in [-0.1, -0.05) is 20.8 Å². The zero-order valence-corrected chi connectivity index (χ0v) is 10.5. The maximum atomic E-state index is 8.98. The Kier molecular flexibility index (Phi) is 7.09. The van der Waals surface area contributed by atoms with Crippen LogP contribution in [-0.2, 0) is 9.47 Å². The first kappa shape index (κ1) is 14.8. The van der Waals surface area contributed by atoms with E-state index in [1.54, 1.807) is 14.2 Å². The lowest BCUT2D eigenvalue weighted by molar-refractivity contribution is -0.101. The number of rotatable bonds is 7. The van der Waals surface area contributed by atoms with Crippen LogP contribution in [0.2, 0.25) is 0 Å². The molecule has 0 heterocycles. The Morgan fingerprint density at radius 1 is 1.20 bits per heavy atom. The first-order valence-electron chi connectivity index (χ1n) is 5.35. The molecule has 0 saturated heterocycles. The number of ether oxygens (including phenoxy) is 2. The van der Waals surface area contributed by atoms with Crippen LogP contribution >= 0.6 is 0 Å². The molecule has 1 atom stereocenters. The van der Waals surface area contributed by atoms with E-state index < -0.39 is 0 Å². The van der Waals surface area contributed by atoms with Crippen LogP contribution in [0.25, 0.3) is 0 Å². The van der Waals surface area contributed by atoms with Crippen LogP contribution in [0.3, 0.4) is 0 Å². The summed E-state index contributed by atoms with van der Waals surface area (Å²) in [6.45, 7) is 7.27. The molecule has 0 aliphatic carbocycles. The average molecular weight is 219 g/mol. The maximum absolute atomic E-state index is 8.98. The highest BCUT2D eigenvalue weighted by molar-refractivity contribution is 4.80. The fourth-order valence-corrected chi connectivity index (χ4v) is 1.47. The van der Waals surface area contributed by atoms with Crippen molar-refractivity contribution in [3.63, 3.8) is 0 Å². The molecule has 4 nitrogen and oxygen atoms in total. The van der Waals surface area contributed by atoms with Crippen LogP contribution in [0, 0.1) is 5.41 Å². The van der Waals surface area contributed by atoms with Gasteiger partial charge >= 0.3 is 0 Å². The molecule has 0 aromatic carbocycles. The van der Waals surface area contributed by atoms with Crippen LogP contribution in [0.5, 0.6) is 0 Å². The fourth-order valence-electron chi connectivity index (χ4n) is 1.47. The van der Waals surface area contributed by atoms with Gasteiger partial charge in [-0.25, -0.2) is 0 Å². The largest absolute Gasteiger partial charge is 0.396 e. The van der Waals surface area contributed by atoms with Gasteiger partial charge in [0.1, 0.15) is 0 Å². The molecule has 0 spiro atoms. The van der Waals surface area contributed by atoms with Crippen LogP contribution < -0.4 is 5.32 Å². The van der Waals surface area contributed by atoms with E-state index in [1.807, 2.05) is 0 Å². The summed E-state index contributed by atoms with van der Waals surface area (Å²) >= 11 is 0. The molecular weight excluding hydrogens is 194 g/mol. The van der Waals surface area contributed by atoms with Crippen molar-refractivity contribution in [1.82, 2.24) is 5.32 Å². The highest BCUT2D eigenvalue weighted by atomic mass is 16.7. The highest BCUT2D eigenvalue weighted by Gasteiger charge is 2.24. The van der Waals surface area contributed by atoms with Crippen molar-refractivity contribution in [2.24, 2.45) is 5.41 Å². The summed E-state index contributed by atoms with van der Waals surface area (Å²) in [5.41, 5.74) is 0.120. The van der Waals surface area contributed by atoms with Gasteiger partial charge in [-0.3, -0.25) is 0 Å². The molecule has 0 aromatic rings. The van der Waals surface area contributed by atoms with E-state index in [-0.39, 0.29) is 24.4 Å². The smallest absolute Gasteiger partial charge is 0.169 e. The van der Waals surface area contributed by atoms with E-state index in [0.29, 0.717) is 6.54 Å². The normalized spacial score (nSPS) is 14.6. The molecule has 92 valence electrons. The second-order valence-corrected chi connectivity index (χ2v) is 4.74. The number of hydrogen-bond acceptors (Lipinski definition) is 4. The van der Waals surface area contributed by atoms with Gasteiger partial charge in [-0.05, 0) is 11.8 Å². The van der Waals surface area contributed by atoms with E-state index >= 15 is 0 Å². The van der Waals surface area contributed by atoms with E-state index in [4.69, 9.17) is 14.6 Å². The summed E-state index contributed by atoms with van der Waals surface area (Å²) in [4.78, 5) is 0. The van der Waals surface area contributed by atoms with Crippen molar-refractivity contribution in [2.45, 2.75) is 39.5 Å². The molecule has 15 heavy (non-hydrogen) atoms. The van der Waals surface area contributed by atoms with Crippen molar-refractivity contribution in [1.29, 1.82) is 0 Å². The van der Waals surface area contributed by atoms with Gasteiger partial charge in [-0.2, -0.15) is 0 Å². The molecule has 0 aromatic heterocycles. The Balaban J connectivity index is 4.06. The predicted molar refractivity (Wildman–Crippen MR) is 60.8 cm³/mol. The molecule has 0 aliphatic heterocycles. The zero-order valence-electron chi connectivity index (χ0n) is 10.5. The van der Waals surface area contributed by atoms with Gasteiger partial charge in [0, 0.05) is 33.4 Å². The van der Waals surface area contributed by atoms with Gasteiger partial charge < -0.3 is 19.9 Å². The number of methoxy groups -OCH3 is 2. The molecule has 0 radical (unpaired) electrons. The summed E-state index contributed by atoms with van der Waals surface area (Å²) < 4.78 is 10.2. The monoisotopic (exact) mass is 219 g/mol. The van der Waals surface area contributed by atoms with Crippen LogP contribution in [-0.4, -0.2) is 44.8 Å². The molecule has 0 aliphatic rings. The summed E-state index contributed by atoms with van der Waals surface area (Å²) in [5.74, 6) is 0. The summed E-state index contributed by atoms with van der Waals surface area (Å²) in [5, 5.41) is 12.3. The molecule has 4 heteroatoms. The SMILES string of the molecule is COC(CNC(CCO)C(C)(C)C)OC. The number of nitrogens with one attached hydrogen (secondary N) is 1. The second kappa shape index (κ2) is 7.17. The Morgan fingerprint density at radius 3 is 2.07 bits per heavy atom. The number of hydrogen-bond donors (Lipinski definition) is 2. The van der Waals surface area contributed by atoms with Gasteiger partial charge in [-0.15, -0.1) is 0 Å². The summed E-state index contributed by atoms with van der Waals surface area (Å²) in [6, 6.07) is 0.260. The Labute approximate surface area is 93.0 Å². The van der Waals surface area contributed by atoms with Crippen molar-refractivity contribution >= 4 is 0 Å². The van der Waals surface area contributed by atoms with Gasteiger partial charge in [0.2, 0.25) is 0 Å². The molecule has 0 amide bonds. The van der Waals surface area contributed by atoms with Crippen LogP contribution in [0.1, 0.15) is 27.2 Å². The topological polar surface area (TPSA) is 50.7 Å². The molecule has 0 saturated carbocycles. The van der Waals surface area contributed by atoms with E-state index in [0.717, 1.165) is 6.42 Å². The second-order valence-electron chi connectivity index (χ2n) is 4.74.